The highest BCUT2D eigenvalue weighted by molar-refractivity contribution is 9.10. The van der Waals surface area contributed by atoms with Crippen molar-refractivity contribution < 1.29 is 0 Å². The molecule has 0 amide bonds. The molecule has 0 saturated heterocycles. The Kier molecular flexibility index (Phi) is 3.41. The van der Waals surface area contributed by atoms with E-state index < -0.39 is 0 Å². The van der Waals surface area contributed by atoms with Crippen molar-refractivity contribution in [1.29, 1.82) is 0 Å². The predicted molar refractivity (Wildman–Crippen MR) is 69.2 cm³/mol. The SMILES string of the molecule is Cc1nc(Cl)cc(Nc2ccccc2Br)n1. The molecule has 1 heterocycles. The third-order valence-electron chi connectivity index (χ3n) is 1.94. The van der Waals surface area contributed by atoms with Crippen LogP contribution in [0.1, 0.15) is 5.82 Å². The van der Waals surface area contributed by atoms with Crippen molar-refractivity contribution >= 4 is 39.0 Å². The van der Waals surface area contributed by atoms with Crippen LogP contribution in [-0.2, 0) is 0 Å². The highest BCUT2D eigenvalue weighted by Crippen LogP contribution is 2.25. The number of halogens is 2. The average molecular weight is 299 g/mol. The summed E-state index contributed by atoms with van der Waals surface area (Å²) in [5.74, 6) is 1.33. The van der Waals surface area contributed by atoms with E-state index in [9.17, 15) is 0 Å². The summed E-state index contributed by atoms with van der Waals surface area (Å²) in [6.45, 7) is 1.80. The van der Waals surface area contributed by atoms with Gasteiger partial charge in [-0.1, -0.05) is 23.7 Å². The molecule has 0 radical (unpaired) electrons. The molecule has 82 valence electrons. The van der Waals surface area contributed by atoms with Crippen molar-refractivity contribution in [3.63, 3.8) is 0 Å². The van der Waals surface area contributed by atoms with Gasteiger partial charge >= 0.3 is 0 Å². The van der Waals surface area contributed by atoms with Crippen LogP contribution in [0.4, 0.5) is 11.5 Å². The molecule has 0 saturated carbocycles. The first-order valence-corrected chi connectivity index (χ1v) is 5.85. The summed E-state index contributed by atoms with van der Waals surface area (Å²) < 4.78 is 0.974. The lowest BCUT2D eigenvalue weighted by Gasteiger charge is -2.08. The number of aromatic nitrogens is 2. The molecule has 2 aromatic rings. The van der Waals surface area contributed by atoms with Gasteiger partial charge in [0.2, 0.25) is 0 Å². The molecule has 2 rings (SSSR count). The minimum atomic E-state index is 0.432. The Bertz CT molecular complexity index is 496. The fraction of sp³-hybridized carbons (Fsp3) is 0.0909. The van der Waals surface area contributed by atoms with Crippen LogP contribution in [0.25, 0.3) is 0 Å². The standard InChI is InChI=1S/C11H9BrClN3/c1-7-14-10(13)6-11(15-7)16-9-5-3-2-4-8(9)12/h2-6H,1H3,(H,14,15,16). The van der Waals surface area contributed by atoms with Crippen LogP contribution in [0.5, 0.6) is 0 Å². The van der Waals surface area contributed by atoms with Crippen LogP contribution in [0.2, 0.25) is 5.15 Å². The number of rotatable bonds is 2. The van der Waals surface area contributed by atoms with E-state index in [-0.39, 0.29) is 0 Å². The monoisotopic (exact) mass is 297 g/mol. The Morgan fingerprint density at radius 3 is 2.69 bits per heavy atom. The lowest BCUT2D eigenvalue weighted by molar-refractivity contribution is 1.06. The second-order valence-corrected chi connectivity index (χ2v) is 4.47. The molecule has 0 fully saturated rings. The summed E-state index contributed by atoms with van der Waals surface area (Å²) in [6.07, 6.45) is 0. The van der Waals surface area contributed by atoms with Crippen LogP contribution >= 0.6 is 27.5 Å². The maximum atomic E-state index is 5.85. The van der Waals surface area contributed by atoms with E-state index in [0.29, 0.717) is 16.8 Å². The van der Waals surface area contributed by atoms with Crippen molar-refractivity contribution in [2.24, 2.45) is 0 Å². The first kappa shape index (κ1) is 11.4. The molecule has 3 nitrogen and oxygen atoms in total. The maximum Gasteiger partial charge on any atom is 0.135 e. The summed E-state index contributed by atoms with van der Waals surface area (Å²) in [5.41, 5.74) is 0.941. The Morgan fingerprint density at radius 1 is 1.25 bits per heavy atom. The number of aryl methyl sites for hydroxylation is 1. The Hall–Kier alpha value is -1.13. The number of benzene rings is 1. The van der Waals surface area contributed by atoms with Crippen molar-refractivity contribution in [3.8, 4) is 0 Å². The van der Waals surface area contributed by atoms with Crippen LogP contribution in [0, 0.1) is 6.92 Å². The molecule has 5 heteroatoms. The lowest BCUT2D eigenvalue weighted by Crippen LogP contribution is -1.97. The number of para-hydroxylation sites is 1. The van der Waals surface area contributed by atoms with E-state index in [1.165, 1.54) is 0 Å². The minimum absolute atomic E-state index is 0.432. The number of hydrogen-bond acceptors (Lipinski definition) is 3. The lowest BCUT2D eigenvalue weighted by atomic mass is 10.3. The van der Waals surface area contributed by atoms with E-state index in [1.54, 1.807) is 13.0 Å². The predicted octanol–water partition coefficient (Wildman–Crippen LogP) is 3.94. The summed E-state index contributed by atoms with van der Waals surface area (Å²) in [5, 5.41) is 3.60. The van der Waals surface area contributed by atoms with Crippen LogP contribution in [0.3, 0.4) is 0 Å². The van der Waals surface area contributed by atoms with Crippen molar-refractivity contribution in [1.82, 2.24) is 9.97 Å². The van der Waals surface area contributed by atoms with Crippen molar-refractivity contribution in [2.75, 3.05) is 5.32 Å². The zero-order valence-corrected chi connectivity index (χ0v) is 10.9. The zero-order chi connectivity index (χ0) is 11.5. The van der Waals surface area contributed by atoms with Crippen molar-refractivity contribution in [3.05, 3.63) is 45.8 Å². The molecule has 0 spiro atoms. The Balaban J connectivity index is 2.30. The van der Waals surface area contributed by atoms with Gasteiger partial charge in [0.1, 0.15) is 16.8 Å². The molecule has 0 atom stereocenters. The van der Waals surface area contributed by atoms with E-state index in [4.69, 9.17) is 11.6 Å². The fourth-order valence-electron chi connectivity index (χ4n) is 1.30. The molecule has 0 aliphatic rings. The molecule has 16 heavy (non-hydrogen) atoms. The van der Waals surface area contributed by atoms with E-state index in [0.717, 1.165) is 10.2 Å². The molecular weight excluding hydrogens is 289 g/mol. The van der Waals surface area contributed by atoms with E-state index in [1.807, 2.05) is 24.3 Å². The minimum Gasteiger partial charge on any atom is -0.339 e. The van der Waals surface area contributed by atoms with Gasteiger partial charge in [-0.15, -0.1) is 0 Å². The number of nitrogens with one attached hydrogen (secondary N) is 1. The van der Waals surface area contributed by atoms with E-state index >= 15 is 0 Å². The fourth-order valence-corrected chi connectivity index (χ4v) is 1.91. The smallest absolute Gasteiger partial charge is 0.135 e. The summed E-state index contributed by atoms with van der Waals surface area (Å²) >= 11 is 9.31. The second-order valence-electron chi connectivity index (χ2n) is 3.23. The summed E-state index contributed by atoms with van der Waals surface area (Å²) in [4.78, 5) is 8.24. The zero-order valence-electron chi connectivity index (χ0n) is 8.54. The largest absolute Gasteiger partial charge is 0.339 e. The highest BCUT2D eigenvalue weighted by atomic mass is 79.9. The number of hydrogen-bond donors (Lipinski definition) is 1. The van der Waals surface area contributed by atoms with Gasteiger partial charge in [-0.3, -0.25) is 0 Å². The summed E-state index contributed by atoms with van der Waals surface area (Å²) in [6, 6.07) is 9.50. The second kappa shape index (κ2) is 4.80. The van der Waals surface area contributed by atoms with Gasteiger partial charge in [0, 0.05) is 10.5 Å². The quantitative estimate of drug-likeness (QED) is 0.853. The van der Waals surface area contributed by atoms with Crippen molar-refractivity contribution in [2.45, 2.75) is 6.92 Å². The van der Waals surface area contributed by atoms with E-state index in [2.05, 4.69) is 31.2 Å². The maximum absolute atomic E-state index is 5.85. The normalized spacial score (nSPS) is 10.2. The van der Waals surface area contributed by atoms with Crippen LogP contribution in [0.15, 0.2) is 34.8 Å². The molecule has 1 N–H and O–H groups in total. The first-order valence-electron chi connectivity index (χ1n) is 4.68. The Labute approximate surface area is 107 Å². The van der Waals surface area contributed by atoms with Gasteiger partial charge in [0.15, 0.2) is 0 Å². The third kappa shape index (κ3) is 2.71. The average Bonchev–Trinajstić information content (AvgIpc) is 2.20. The molecule has 1 aromatic carbocycles. The van der Waals surface area contributed by atoms with Crippen LogP contribution < -0.4 is 5.32 Å². The molecule has 0 aliphatic heterocycles. The summed E-state index contributed by atoms with van der Waals surface area (Å²) in [7, 11) is 0. The molecular formula is C11H9BrClN3. The van der Waals surface area contributed by atoms with Gasteiger partial charge < -0.3 is 5.32 Å². The molecule has 0 aliphatic carbocycles. The molecule has 1 aromatic heterocycles. The molecule has 0 bridgehead atoms. The van der Waals surface area contributed by atoms with Gasteiger partial charge in [0.25, 0.3) is 0 Å². The molecule has 0 unspecified atom stereocenters. The highest BCUT2D eigenvalue weighted by Gasteiger charge is 2.02. The number of anilines is 2. The van der Waals surface area contributed by atoms with Gasteiger partial charge in [0.05, 0.1) is 5.69 Å². The Morgan fingerprint density at radius 2 is 2.00 bits per heavy atom. The number of nitrogens with zero attached hydrogens (tertiary/aromatic N) is 2. The van der Waals surface area contributed by atoms with Gasteiger partial charge in [-0.2, -0.15) is 0 Å². The topological polar surface area (TPSA) is 37.8 Å². The van der Waals surface area contributed by atoms with Gasteiger partial charge in [-0.05, 0) is 35.0 Å². The first-order chi connectivity index (χ1) is 7.65. The third-order valence-corrected chi connectivity index (χ3v) is 2.83. The van der Waals surface area contributed by atoms with Gasteiger partial charge in [-0.25, -0.2) is 9.97 Å². The van der Waals surface area contributed by atoms with Crippen LogP contribution in [-0.4, -0.2) is 9.97 Å².